The molecule has 10 heteroatoms. The highest BCUT2D eigenvalue weighted by Crippen LogP contribution is 2.44. The molecule has 4 heterocycles. The Balaban J connectivity index is 1.34. The number of hydrogen-bond donors (Lipinski definition) is 3. The molecule has 0 spiro atoms. The Hall–Kier alpha value is -2.40. The van der Waals surface area contributed by atoms with E-state index in [1.807, 2.05) is 26.8 Å². The zero-order valence-electron chi connectivity index (χ0n) is 22.8. The third kappa shape index (κ3) is 5.23. The molecule has 4 atom stereocenters. The van der Waals surface area contributed by atoms with Gasteiger partial charge in [-0.25, -0.2) is 9.97 Å². The second kappa shape index (κ2) is 9.66. The summed E-state index contributed by atoms with van der Waals surface area (Å²) in [6.07, 6.45) is 7.87. The number of hydrogen-bond acceptors (Lipinski definition) is 10. The van der Waals surface area contributed by atoms with Gasteiger partial charge in [0.25, 0.3) is 0 Å². The van der Waals surface area contributed by atoms with Gasteiger partial charge in [-0.2, -0.15) is 4.98 Å². The number of rotatable bonds is 9. The zero-order valence-corrected chi connectivity index (χ0v) is 23.6. The Bertz CT molecular complexity index is 1290. The van der Waals surface area contributed by atoms with Crippen molar-refractivity contribution in [3.8, 4) is 10.6 Å². The SMILES string of the molecule is Cc1nc(NCC(C)(C)CC2CC2)nc(N[C@@H]2C[C@H](CO)[C@H]3OC(C)(C)O[C@H]32)c1-c1nc2cnccc2s1. The lowest BCUT2D eigenvalue weighted by Gasteiger charge is -2.26. The number of pyridine rings is 1. The van der Waals surface area contributed by atoms with Crippen LogP contribution in [0.3, 0.4) is 0 Å². The summed E-state index contributed by atoms with van der Waals surface area (Å²) in [7, 11) is 0. The Morgan fingerprint density at radius 2 is 1.95 bits per heavy atom. The van der Waals surface area contributed by atoms with E-state index in [-0.39, 0.29) is 36.2 Å². The molecule has 3 fully saturated rings. The summed E-state index contributed by atoms with van der Waals surface area (Å²) < 4.78 is 13.5. The van der Waals surface area contributed by atoms with Crippen molar-refractivity contribution in [3.63, 3.8) is 0 Å². The number of nitrogens with zero attached hydrogens (tertiary/aromatic N) is 4. The van der Waals surface area contributed by atoms with Crippen molar-refractivity contribution < 1.29 is 14.6 Å². The van der Waals surface area contributed by atoms with Crippen molar-refractivity contribution in [1.82, 2.24) is 19.9 Å². The van der Waals surface area contributed by atoms with Crippen LogP contribution in [0.1, 0.15) is 59.1 Å². The number of ether oxygens (including phenoxy) is 2. The van der Waals surface area contributed by atoms with Gasteiger partial charge in [0.15, 0.2) is 5.79 Å². The van der Waals surface area contributed by atoms with Crippen LogP contribution in [0.2, 0.25) is 0 Å². The fourth-order valence-electron chi connectivity index (χ4n) is 5.98. The minimum absolute atomic E-state index is 0.00000280. The quantitative estimate of drug-likeness (QED) is 0.346. The predicted octanol–water partition coefficient (Wildman–Crippen LogP) is 5.01. The maximum atomic E-state index is 10.1. The van der Waals surface area contributed by atoms with Crippen LogP contribution in [0.5, 0.6) is 0 Å². The number of nitrogens with one attached hydrogen (secondary N) is 2. The zero-order chi connectivity index (χ0) is 26.7. The van der Waals surface area contributed by atoms with Crippen LogP contribution in [0.15, 0.2) is 18.5 Å². The third-order valence-corrected chi connectivity index (χ3v) is 8.95. The minimum Gasteiger partial charge on any atom is -0.396 e. The lowest BCUT2D eigenvalue weighted by molar-refractivity contribution is -0.158. The van der Waals surface area contributed by atoms with Gasteiger partial charge < -0.3 is 25.2 Å². The van der Waals surface area contributed by atoms with E-state index < -0.39 is 5.79 Å². The molecule has 9 nitrogen and oxygen atoms in total. The smallest absolute Gasteiger partial charge is 0.224 e. The average molecular weight is 539 g/mol. The van der Waals surface area contributed by atoms with Crippen LogP contribution in [-0.4, -0.2) is 62.2 Å². The highest BCUT2D eigenvalue weighted by molar-refractivity contribution is 7.21. The van der Waals surface area contributed by atoms with Crippen LogP contribution in [0.4, 0.5) is 11.8 Å². The summed E-state index contributed by atoms with van der Waals surface area (Å²) in [6.45, 7) is 11.3. The molecule has 0 aromatic carbocycles. The summed E-state index contributed by atoms with van der Waals surface area (Å²) in [5.74, 6) is 1.50. The number of fused-ring (bicyclic) bond motifs is 2. The van der Waals surface area contributed by atoms with E-state index in [9.17, 15) is 5.11 Å². The second-order valence-corrected chi connectivity index (χ2v) is 13.4. The van der Waals surface area contributed by atoms with E-state index in [0.717, 1.165) is 51.2 Å². The molecule has 0 unspecified atom stereocenters. The molecular weight excluding hydrogens is 500 g/mol. The Labute approximate surface area is 227 Å². The van der Waals surface area contributed by atoms with Gasteiger partial charge in [0.1, 0.15) is 22.4 Å². The molecule has 0 bridgehead atoms. The van der Waals surface area contributed by atoms with Crippen LogP contribution < -0.4 is 10.6 Å². The summed E-state index contributed by atoms with van der Waals surface area (Å²) in [4.78, 5) is 19.0. The Morgan fingerprint density at radius 3 is 2.68 bits per heavy atom. The highest BCUT2D eigenvalue weighted by atomic mass is 32.1. The molecule has 2 aliphatic carbocycles. The van der Waals surface area contributed by atoms with Crippen LogP contribution in [0.25, 0.3) is 20.8 Å². The highest BCUT2D eigenvalue weighted by Gasteiger charge is 2.54. The van der Waals surface area contributed by atoms with Gasteiger partial charge in [-0.1, -0.05) is 26.7 Å². The van der Waals surface area contributed by atoms with Crippen LogP contribution in [0, 0.1) is 24.2 Å². The van der Waals surface area contributed by atoms with E-state index in [1.54, 1.807) is 23.7 Å². The van der Waals surface area contributed by atoms with Crippen molar-refractivity contribution in [3.05, 3.63) is 24.2 Å². The fourth-order valence-corrected chi connectivity index (χ4v) is 7.01. The number of aromatic nitrogens is 4. The molecule has 3 aromatic heterocycles. The Morgan fingerprint density at radius 1 is 1.16 bits per heavy atom. The number of thiazole rings is 1. The van der Waals surface area contributed by atoms with Crippen LogP contribution in [-0.2, 0) is 9.47 Å². The summed E-state index contributed by atoms with van der Waals surface area (Å²) in [5.41, 5.74) is 2.76. The van der Waals surface area contributed by atoms with Crippen molar-refractivity contribution in [2.45, 2.75) is 84.3 Å². The largest absolute Gasteiger partial charge is 0.396 e. The van der Waals surface area contributed by atoms with E-state index in [4.69, 9.17) is 24.4 Å². The molecular formula is C28H38N6O3S. The number of aliphatic hydroxyl groups is 1. The molecule has 204 valence electrons. The van der Waals surface area contributed by atoms with Crippen molar-refractivity contribution in [2.75, 3.05) is 23.8 Å². The average Bonchev–Trinajstić information content (AvgIpc) is 3.32. The van der Waals surface area contributed by atoms with Gasteiger partial charge in [-0.05, 0) is 51.0 Å². The second-order valence-electron chi connectivity index (χ2n) is 12.4. The molecule has 6 rings (SSSR count). The molecule has 3 aromatic rings. The lowest BCUT2D eigenvalue weighted by Crippen LogP contribution is -2.35. The number of anilines is 2. The monoisotopic (exact) mass is 538 g/mol. The van der Waals surface area contributed by atoms with Gasteiger partial charge in [0, 0.05) is 25.3 Å². The number of aryl methyl sites for hydroxylation is 1. The first-order chi connectivity index (χ1) is 18.1. The molecule has 2 saturated carbocycles. The first kappa shape index (κ1) is 25.9. The molecule has 1 saturated heterocycles. The van der Waals surface area contributed by atoms with Crippen molar-refractivity contribution >= 4 is 33.3 Å². The normalized spacial score (nSPS) is 26.6. The molecule has 0 amide bonds. The van der Waals surface area contributed by atoms with Crippen molar-refractivity contribution in [1.29, 1.82) is 0 Å². The van der Waals surface area contributed by atoms with E-state index in [0.29, 0.717) is 5.95 Å². The number of aliphatic hydroxyl groups excluding tert-OH is 1. The van der Waals surface area contributed by atoms with Gasteiger partial charge in [0.2, 0.25) is 5.95 Å². The summed E-state index contributed by atoms with van der Waals surface area (Å²) in [6, 6.07) is 1.92. The van der Waals surface area contributed by atoms with Crippen LogP contribution >= 0.6 is 11.3 Å². The summed E-state index contributed by atoms with van der Waals surface area (Å²) >= 11 is 1.61. The Kier molecular flexibility index (Phi) is 6.57. The molecule has 38 heavy (non-hydrogen) atoms. The van der Waals surface area contributed by atoms with Crippen molar-refractivity contribution in [2.24, 2.45) is 17.3 Å². The molecule has 1 aliphatic heterocycles. The predicted molar refractivity (Wildman–Crippen MR) is 149 cm³/mol. The van der Waals surface area contributed by atoms with Gasteiger partial charge in [0.05, 0.1) is 34.3 Å². The third-order valence-electron chi connectivity index (χ3n) is 7.89. The standard InChI is InChI=1S/C28H38N6O3S/c1-15-21(25-33-19-12-29-9-8-20(19)38-25)24(34-26(31-15)30-14-27(2,3)11-16-6-7-16)32-18-10-17(13-35)22-23(18)37-28(4,5)36-22/h8-9,12,16-18,22-23,35H,6-7,10-11,13-14H2,1-5H3,(H2,30,31,32,34)/t17-,18-,22-,23+/m1/s1. The molecule has 0 radical (unpaired) electrons. The maximum Gasteiger partial charge on any atom is 0.224 e. The molecule has 3 aliphatic rings. The topological polar surface area (TPSA) is 114 Å². The van der Waals surface area contributed by atoms with E-state index in [2.05, 4.69) is 29.5 Å². The lowest BCUT2D eigenvalue weighted by atomic mass is 9.87. The van der Waals surface area contributed by atoms with Gasteiger partial charge >= 0.3 is 0 Å². The fraction of sp³-hybridized carbons (Fsp3) is 0.643. The van der Waals surface area contributed by atoms with E-state index in [1.165, 1.54) is 19.3 Å². The maximum absolute atomic E-state index is 10.1. The first-order valence-electron chi connectivity index (χ1n) is 13.7. The van der Waals surface area contributed by atoms with Gasteiger partial charge in [-0.15, -0.1) is 11.3 Å². The minimum atomic E-state index is -0.687. The first-order valence-corrected chi connectivity index (χ1v) is 14.5. The van der Waals surface area contributed by atoms with Gasteiger partial charge in [-0.3, -0.25) is 4.98 Å². The molecule has 3 N–H and O–H groups in total. The summed E-state index contributed by atoms with van der Waals surface area (Å²) in [5, 5.41) is 18.1. The van der Waals surface area contributed by atoms with E-state index >= 15 is 0 Å².